The fourth-order valence-corrected chi connectivity index (χ4v) is 17.8. The number of ether oxygens (including phenoxy) is 1. The van der Waals surface area contributed by atoms with E-state index in [1.165, 1.54) is 51.4 Å². The molecule has 8 rings (SSSR count). The van der Waals surface area contributed by atoms with Gasteiger partial charge in [-0.3, -0.25) is 4.79 Å². The molecule has 6 nitrogen and oxygen atoms in total. The third-order valence-electron chi connectivity index (χ3n) is 20.7. The van der Waals surface area contributed by atoms with Crippen LogP contribution in [0.4, 0.5) is 0 Å². The summed E-state index contributed by atoms with van der Waals surface area (Å²) in [5.74, 6) is 6.37. The fourth-order valence-electron chi connectivity index (χ4n) is 17.8. The van der Waals surface area contributed by atoms with Gasteiger partial charge in [-0.25, -0.2) is 0 Å². The van der Waals surface area contributed by atoms with Crippen molar-refractivity contribution < 1.29 is 30.0 Å². The van der Waals surface area contributed by atoms with Crippen molar-refractivity contribution in [2.75, 3.05) is 6.61 Å². The van der Waals surface area contributed by atoms with Crippen LogP contribution in [0.1, 0.15) is 170 Å². The molecule has 20 atom stereocenters. The number of aliphatic hydroxyl groups is 4. The second-order valence-electron chi connectivity index (χ2n) is 22.8. The van der Waals surface area contributed by atoms with Gasteiger partial charge in [0.05, 0.1) is 31.0 Å². The highest BCUT2D eigenvalue weighted by Crippen LogP contribution is 2.70. The van der Waals surface area contributed by atoms with E-state index in [1.54, 1.807) is 0 Å². The van der Waals surface area contributed by atoms with Crippen molar-refractivity contribution in [3.63, 3.8) is 0 Å². The second kappa shape index (κ2) is 14.8. The first kappa shape index (κ1) is 40.1. The monoisotopic (exact) mass is 753 g/mol. The van der Waals surface area contributed by atoms with Crippen LogP contribution in [0.2, 0.25) is 0 Å². The van der Waals surface area contributed by atoms with Crippen molar-refractivity contribution in [1.82, 2.24) is 0 Å². The third kappa shape index (κ3) is 6.50. The lowest BCUT2D eigenvalue weighted by Crippen LogP contribution is -2.58. The van der Waals surface area contributed by atoms with Crippen molar-refractivity contribution in [3.05, 3.63) is 0 Å². The molecule has 0 aromatic heterocycles. The number of aliphatic hydroxyl groups excluding tert-OH is 4. The van der Waals surface area contributed by atoms with Crippen molar-refractivity contribution >= 4 is 5.97 Å². The van der Waals surface area contributed by atoms with Gasteiger partial charge in [-0.05, 0) is 215 Å². The number of fused-ring (bicyclic) bond motifs is 10. The summed E-state index contributed by atoms with van der Waals surface area (Å²) in [6.45, 7) is 15.4. The molecule has 0 aliphatic heterocycles. The highest BCUT2D eigenvalue weighted by molar-refractivity contribution is 5.69. The number of hydrogen-bond acceptors (Lipinski definition) is 6. The molecule has 8 saturated carbocycles. The number of hydrogen-bond donors (Lipinski definition) is 4. The molecule has 308 valence electrons. The van der Waals surface area contributed by atoms with E-state index in [2.05, 4.69) is 41.5 Å². The summed E-state index contributed by atoms with van der Waals surface area (Å²) in [5.41, 5.74) is 1.06. The van der Waals surface area contributed by atoms with Gasteiger partial charge in [0.15, 0.2) is 0 Å². The summed E-state index contributed by atoms with van der Waals surface area (Å²) in [6.07, 6.45) is 20.1. The standard InChI is InChI=1S/C48H80O6/c1-28(34-10-12-36-43-38(17-21-47(34,36)5)45(3)19-15-32(49)24-30(45)26-40(43)51)8-7-23-54-42(53)14-9-29(2)35-11-13-37-44-39(18-22-48(35,37)6)46(4)20-16-33(50)25-31(46)27-41(44)52/h28-41,43-44,49-52H,7-27H2,1-6H3/t28-,29-,30?,31?,32-,33-,34-,35-,36?,37?,38+,39+,40+,41+,43+,44+,45+,46+,47-,48-/m1/s1. The lowest BCUT2D eigenvalue weighted by Gasteiger charge is -2.62. The predicted octanol–water partition coefficient (Wildman–Crippen LogP) is 9.34. The van der Waals surface area contributed by atoms with Crippen LogP contribution in [0.3, 0.4) is 0 Å². The van der Waals surface area contributed by atoms with Crippen molar-refractivity contribution in [3.8, 4) is 0 Å². The maximum atomic E-state index is 13.1. The Morgan fingerprint density at radius 3 is 1.48 bits per heavy atom. The van der Waals surface area contributed by atoms with E-state index in [0.717, 1.165) is 70.6 Å². The Hall–Kier alpha value is -0.690. The summed E-state index contributed by atoms with van der Waals surface area (Å²) >= 11 is 0. The maximum Gasteiger partial charge on any atom is 0.305 e. The predicted molar refractivity (Wildman–Crippen MR) is 213 cm³/mol. The molecule has 4 unspecified atom stereocenters. The van der Waals surface area contributed by atoms with Gasteiger partial charge >= 0.3 is 5.97 Å². The van der Waals surface area contributed by atoms with E-state index in [4.69, 9.17) is 4.74 Å². The quantitative estimate of drug-likeness (QED) is 0.138. The molecule has 8 fully saturated rings. The Bertz CT molecular complexity index is 1350. The molecule has 0 radical (unpaired) electrons. The van der Waals surface area contributed by atoms with Gasteiger partial charge in [0.2, 0.25) is 0 Å². The summed E-state index contributed by atoms with van der Waals surface area (Å²) in [5, 5.41) is 44.1. The van der Waals surface area contributed by atoms with E-state index in [-0.39, 0.29) is 52.0 Å². The molecule has 8 aliphatic rings. The molecule has 54 heavy (non-hydrogen) atoms. The van der Waals surface area contributed by atoms with Crippen LogP contribution in [-0.4, -0.2) is 57.4 Å². The minimum absolute atomic E-state index is 0.0291. The van der Waals surface area contributed by atoms with Crippen LogP contribution < -0.4 is 0 Å². The fraction of sp³-hybridized carbons (Fsp3) is 0.979. The van der Waals surface area contributed by atoms with E-state index < -0.39 is 0 Å². The van der Waals surface area contributed by atoms with Gasteiger partial charge < -0.3 is 25.2 Å². The SMILES string of the molecule is C[C@H](CCCOC(=O)CC[C@@H](C)[C@H]1CCC2[C@@H]3[C@@H](O)CC4C[C@H](O)CC[C@]4(C)[C@H]3CC[C@@]21C)[C@H]1CCC2[C@@H]3[C@@H](O)CC4C[C@H](O)CC[C@]4(C)[C@H]3CC[C@@]21C. The van der Waals surface area contributed by atoms with E-state index in [0.29, 0.717) is 84.0 Å². The molecule has 0 aromatic carbocycles. The van der Waals surface area contributed by atoms with E-state index >= 15 is 0 Å². The van der Waals surface area contributed by atoms with Gasteiger partial charge in [-0.15, -0.1) is 0 Å². The minimum atomic E-state index is -0.239. The lowest BCUT2D eigenvalue weighted by molar-refractivity contribution is -0.174. The van der Waals surface area contributed by atoms with Gasteiger partial charge in [0, 0.05) is 6.42 Å². The van der Waals surface area contributed by atoms with Crippen molar-refractivity contribution in [1.29, 1.82) is 0 Å². The van der Waals surface area contributed by atoms with Crippen molar-refractivity contribution in [2.24, 2.45) is 92.7 Å². The third-order valence-corrected chi connectivity index (χ3v) is 20.7. The number of rotatable bonds is 9. The van der Waals surface area contributed by atoms with Crippen LogP contribution >= 0.6 is 0 Å². The number of carbonyl (C=O) groups is 1. The summed E-state index contributed by atoms with van der Waals surface area (Å²) in [7, 11) is 0. The summed E-state index contributed by atoms with van der Waals surface area (Å²) < 4.78 is 5.90. The van der Waals surface area contributed by atoms with Gasteiger partial charge in [-0.2, -0.15) is 0 Å². The van der Waals surface area contributed by atoms with E-state index in [9.17, 15) is 25.2 Å². The zero-order valence-corrected chi connectivity index (χ0v) is 35.2. The van der Waals surface area contributed by atoms with Crippen LogP contribution in [-0.2, 0) is 9.53 Å². The number of esters is 1. The van der Waals surface area contributed by atoms with Gasteiger partial charge in [0.25, 0.3) is 0 Å². The molecule has 0 spiro atoms. The van der Waals surface area contributed by atoms with E-state index in [1.807, 2.05) is 0 Å². The molecular formula is C48H80O6. The first-order valence-electron chi connectivity index (χ1n) is 23.5. The summed E-state index contributed by atoms with van der Waals surface area (Å²) in [4.78, 5) is 13.1. The van der Waals surface area contributed by atoms with Crippen LogP contribution in [0, 0.1) is 92.7 Å². The molecule has 6 heteroatoms. The van der Waals surface area contributed by atoms with Gasteiger partial charge in [-0.1, -0.05) is 41.5 Å². The summed E-state index contributed by atoms with van der Waals surface area (Å²) in [6, 6.07) is 0. The van der Waals surface area contributed by atoms with Crippen LogP contribution in [0.25, 0.3) is 0 Å². The zero-order chi connectivity index (χ0) is 38.4. The first-order chi connectivity index (χ1) is 25.6. The molecule has 8 aliphatic carbocycles. The zero-order valence-electron chi connectivity index (χ0n) is 35.2. The maximum absolute atomic E-state index is 13.1. The average Bonchev–Trinajstić information content (AvgIpc) is 3.67. The van der Waals surface area contributed by atoms with Gasteiger partial charge in [0.1, 0.15) is 0 Å². The van der Waals surface area contributed by atoms with Crippen molar-refractivity contribution in [2.45, 2.75) is 194 Å². The minimum Gasteiger partial charge on any atom is -0.466 e. The Labute approximate surface area is 328 Å². The molecule has 0 heterocycles. The molecule has 0 amide bonds. The lowest BCUT2D eigenvalue weighted by atomic mass is 9.43. The highest BCUT2D eigenvalue weighted by atomic mass is 16.5. The van der Waals surface area contributed by atoms with Crippen LogP contribution in [0.5, 0.6) is 0 Å². The smallest absolute Gasteiger partial charge is 0.305 e. The number of carbonyl (C=O) groups excluding carboxylic acids is 1. The molecule has 4 N–H and O–H groups in total. The highest BCUT2D eigenvalue weighted by Gasteiger charge is 2.64. The molecule has 0 aromatic rings. The largest absolute Gasteiger partial charge is 0.466 e. The Kier molecular flexibility index (Phi) is 11.0. The Balaban J connectivity index is 0.791. The topological polar surface area (TPSA) is 107 Å². The Morgan fingerprint density at radius 1 is 0.574 bits per heavy atom. The van der Waals surface area contributed by atoms with Crippen LogP contribution in [0.15, 0.2) is 0 Å². The average molecular weight is 753 g/mol. The first-order valence-corrected chi connectivity index (χ1v) is 23.5. The second-order valence-corrected chi connectivity index (χ2v) is 22.8. The molecular weight excluding hydrogens is 673 g/mol. The molecule has 0 bridgehead atoms. The Morgan fingerprint density at radius 2 is 1.00 bits per heavy atom. The molecule has 0 saturated heterocycles. The normalized spacial score (nSPS) is 53.5.